The number of benzene rings is 1. The first kappa shape index (κ1) is 10.2. The number of Topliss-reactive ketones (excluding diaryl/α,β-unsaturated/α-hetero) is 1. The number of ketones is 1. The van der Waals surface area contributed by atoms with E-state index in [1.54, 1.807) is 0 Å². The zero-order valence-corrected chi connectivity index (χ0v) is 9.07. The Morgan fingerprint density at radius 3 is 2.73 bits per heavy atom. The zero-order chi connectivity index (χ0) is 10.7. The SMILES string of the molecule is C[C@@H]1CCC/C(=C/c2ccccc2)C1=O. The molecule has 0 spiro atoms. The minimum Gasteiger partial charge on any atom is -0.294 e. The van der Waals surface area contributed by atoms with Crippen molar-refractivity contribution >= 4 is 11.9 Å². The molecule has 0 amide bonds. The number of allylic oxidation sites excluding steroid dienone is 1. The van der Waals surface area contributed by atoms with Gasteiger partial charge in [0.15, 0.2) is 5.78 Å². The van der Waals surface area contributed by atoms with E-state index in [0.29, 0.717) is 5.78 Å². The number of hydrogen-bond acceptors (Lipinski definition) is 1. The van der Waals surface area contributed by atoms with Crippen molar-refractivity contribution < 1.29 is 4.79 Å². The Bertz CT molecular complexity index is 376. The van der Waals surface area contributed by atoms with Gasteiger partial charge in [0.25, 0.3) is 0 Å². The fourth-order valence-corrected chi connectivity index (χ4v) is 2.06. The van der Waals surface area contributed by atoms with Gasteiger partial charge in [0.05, 0.1) is 0 Å². The molecule has 1 fully saturated rings. The summed E-state index contributed by atoms with van der Waals surface area (Å²) < 4.78 is 0. The van der Waals surface area contributed by atoms with Crippen LogP contribution in [0.4, 0.5) is 0 Å². The van der Waals surface area contributed by atoms with E-state index in [4.69, 9.17) is 0 Å². The highest BCUT2D eigenvalue weighted by atomic mass is 16.1. The highest BCUT2D eigenvalue weighted by molar-refractivity contribution is 6.01. The van der Waals surface area contributed by atoms with Crippen molar-refractivity contribution in [2.24, 2.45) is 5.92 Å². The van der Waals surface area contributed by atoms with Gasteiger partial charge in [0, 0.05) is 5.92 Å². The third-order valence-corrected chi connectivity index (χ3v) is 2.99. The van der Waals surface area contributed by atoms with Gasteiger partial charge in [-0.3, -0.25) is 4.79 Å². The maximum absolute atomic E-state index is 11.9. The first-order chi connectivity index (χ1) is 7.27. The van der Waals surface area contributed by atoms with Crippen molar-refractivity contribution in [1.82, 2.24) is 0 Å². The molecule has 1 atom stereocenters. The van der Waals surface area contributed by atoms with Gasteiger partial charge in [-0.15, -0.1) is 0 Å². The monoisotopic (exact) mass is 200 g/mol. The summed E-state index contributed by atoms with van der Waals surface area (Å²) in [4.78, 5) is 11.9. The average molecular weight is 200 g/mol. The largest absolute Gasteiger partial charge is 0.294 e. The zero-order valence-electron chi connectivity index (χ0n) is 9.07. The van der Waals surface area contributed by atoms with Crippen molar-refractivity contribution in [1.29, 1.82) is 0 Å². The van der Waals surface area contributed by atoms with Crippen molar-refractivity contribution in [3.8, 4) is 0 Å². The number of rotatable bonds is 1. The third kappa shape index (κ3) is 2.35. The van der Waals surface area contributed by atoms with Crippen LogP contribution in [-0.2, 0) is 4.79 Å². The summed E-state index contributed by atoms with van der Waals surface area (Å²) in [6.45, 7) is 2.03. The lowest BCUT2D eigenvalue weighted by atomic mass is 9.84. The van der Waals surface area contributed by atoms with Crippen molar-refractivity contribution in [3.63, 3.8) is 0 Å². The Kier molecular flexibility index (Phi) is 3.00. The van der Waals surface area contributed by atoms with Crippen LogP contribution in [0.15, 0.2) is 35.9 Å². The van der Waals surface area contributed by atoms with Crippen molar-refractivity contribution in [2.45, 2.75) is 26.2 Å². The topological polar surface area (TPSA) is 17.1 Å². The maximum Gasteiger partial charge on any atom is 0.161 e. The summed E-state index contributed by atoms with van der Waals surface area (Å²) in [5.74, 6) is 0.554. The van der Waals surface area contributed by atoms with Gasteiger partial charge < -0.3 is 0 Å². The molecule has 1 aliphatic rings. The molecular weight excluding hydrogens is 184 g/mol. The fourth-order valence-electron chi connectivity index (χ4n) is 2.06. The highest BCUT2D eigenvalue weighted by Crippen LogP contribution is 2.26. The second-order valence-electron chi connectivity index (χ2n) is 4.24. The van der Waals surface area contributed by atoms with E-state index in [2.05, 4.69) is 0 Å². The Hall–Kier alpha value is -1.37. The Labute approximate surface area is 90.8 Å². The molecule has 2 rings (SSSR count). The van der Waals surface area contributed by atoms with Crippen LogP contribution in [0.2, 0.25) is 0 Å². The first-order valence-electron chi connectivity index (χ1n) is 5.57. The predicted molar refractivity (Wildman–Crippen MR) is 62.4 cm³/mol. The maximum atomic E-state index is 11.9. The highest BCUT2D eigenvalue weighted by Gasteiger charge is 2.21. The van der Waals surface area contributed by atoms with Crippen LogP contribution in [0.25, 0.3) is 6.08 Å². The normalized spacial score (nSPS) is 24.5. The van der Waals surface area contributed by atoms with E-state index in [-0.39, 0.29) is 5.92 Å². The minimum absolute atomic E-state index is 0.216. The first-order valence-corrected chi connectivity index (χ1v) is 5.57. The predicted octanol–water partition coefficient (Wildman–Crippen LogP) is 3.46. The van der Waals surface area contributed by atoms with Crippen LogP contribution in [0, 0.1) is 5.92 Å². The van der Waals surface area contributed by atoms with Crippen LogP contribution < -0.4 is 0 Å². The molecule has 0 heterocycles. The van der Waals surface area contributed by atoms with Gasteiger partial charge in [-0.25, -0.2) is 0 Å². The Balaban J connectivity index is 2.23. The molecule has 15 heavy (non-hydrogen) atoms. The molecule has 1 saturated carbocycles. The molecule has 0 aliphatic heterocycles. The number of carbonyl (C=O) groups excluding carboxylic acids is 1. The minimum atomic E-state index is 0.216. The summed E-state index contributed by atoms with van der Waals surface area (Å²) in [5.41, 5.74) is 2.13. The third-order valence-electron chi connectivity index (χ3n) is 2.99. The lowest BCUT2D eigenvalue weighted by molar-refractivity contribution is -0.119. The Morgan fingerprint density at radius 1 is 1.27 bits per heavy atom. The summed E-state index contributed by atoms with van der Waals surface area (Å²) in [6.07, 6.45) is 5.17. The summed E-state index contributed by atoms with van der Waals surface area (Å²) in [6, 6.07) is 10.1. The molecule has 1 aromatic carbocycles. The van der Waals surface area contributed by atoms with Gasteiger partial charge >= 0.3 is 0 Å². The fraction of sp³-hybridized carbons (Fsp3) is 0.357. The van der Waals surface area contributed by atoms with E-state index in [1.165, 1.54) is 0 Å². The van der Waals surface area contributed by atoms with Gasteiger partial charge in [0.1, 0.15) is 0 Å². The van der Waals surface area contributed by atoms with Crippen molar-refractivity contribution in [2.75, 3.05) is 0 Å². The van der Waals surface area contributed by atoms with Gasteiger partial charge in [-0.2, -0.15) is 0 Å². The van der Waals surface area contributed by atoms with Gasteiger partial charge in [-0.05, 0) is 36.5 Å². The molecule has 1 aliphatic carbocycles. The summed E-state index contributed by atoms with van der Waals surface area (Å²) >= 11 is 0. The van der Waals surface area contributed by atoms with E-state index < -0.39 is 0 Å². The number of hydrogen-bond donors (Lipinski definition) is 0. The molecule has 0 aromatic heterocycles. The quantitative estimate of drug-likeness (QED) is 0.634. The standard InChI is InChI=1S/C14H16O/c1-11-6-5-9-13(14(11)15)10-12-7-3-2-4-8-12/h2-4,7-8,10-11H,5-6,9H2,1H3/b13-10-/t11-/m1/s1. The van der Waals surface area contributed by atoms with Crippen LogP contribution in [0.1, 0.15) is 31.7 Å². The second-order valence-corrected chi connectivity index (χ2v) is 4.24. The molecule has 0 unspecified atom stereocenters. The molecule has 1 nitrogen and oxygen atoms in total. The van der Waals surface area contributed by atoms with Gasteiger partial charge in [-0.1, -0.05) is 37.3 Å². The molecule has 78 valence electrons. The lowest BCUT2D eigenvalue weighted by Gasteiger charge is -2.19. The lowest BCUT2D eigenvalue weighted by Crippen LogP contribution is -2.18. The van der Waals surface area contributed by atoms with E-state index in [0.717, 1.165) is 30.4 Å². The molecule has 1 aromatic rings. The van der Waals surface area contributed by atoms with E-state index >= 15 is 0 Å². The van der Waals surface area contributed by atoms with Crippen LogP contribution in [0.3, 0.4) is 0 Å². The summed E-state index contributed by atoms with van der Waals surface area (Å²) in [7, 11) is 0. The van der Waals surface area contributed by atoms with Crippen LogP contribution >= 0.6 is 0 Å². The average Bonchev–Trinajstić information content (AvgIpc) is 2.26. The molecule has 0 radical (unpaired) electrons. The Morgan fingerprint density at radius 2 is 2.00 bits per heavy atom. The second kappa shape index (κ2) is 4.43. The summed E-state index contributed by atoms with van der Waals surface area (Å²) in [5, 5.41) is 0. The molecule has 0 N–H and O–H groups in total. The molecular formula is C14H16O. The molecule has 1 heteroatoms. The van der Waals surface area contributed by atoms with Gasteiger partial charge in [0.2, 0.25) is 0 Å². The van der Waals surface area contributed by atoms with Crippen LogP contribution in [-0.4, -0.2) is 5.78 Å². The van der Waals surface area contributed by atoms with E-state index in [1.807, 2.05) is 43.3 Å². The molecule has 0 saturated heterocycles. The smallest absolute Gasteiger partial charge is 0.161 e. The number of carbonyl (C=O) groups is 1. The van der Waals surface area contributed by atoms with Crippen LogP contribution in [0.5, 0.6) is 0 Å². The van der Waals surface area contributed by atoms with E-state index in [9.17, 15) is 4.79 Å². The molecule has 0 bridgehead atoms. The van der Waals surface area contributed by atoms with Crippen molar-refractivity contribution in [3.05, 3.63) is 41.5 Å².